The highest BCUT2D eigenvalue weighted by Crippen LogP contribution is 2.36. The molecular formula is C15H16F3N. The largest absolute Gasteiger partial charge is 0.417 e. The van der Waals surface area contributed by atoms with Gasteiger partial charge in [-0.25, -0.2) is 0 Å². The molecule has 2 rings (SSSR count). The van der Waals surface area contributed by atoms with Gasteiger partial charge in [-0.1, -0.05) is 38.1 Å². The van der Waals surface area contributed by atoms with Crippen molar-refractivity contribution in [1.29, 1.82) is 0 Å². The van der Waals surface area contributed by atoms with E-state index in [1.165, 1.54) is 6.07 Å². The third kappa shape index (κ3) is 2.59. The molecule has 0 aliphatic heterocycles. The Bertz CT molecular complexity index is 600. The number of alkyl halides is 3. The van der Waals surface area contributed by atoms with E-state index in [0.717, 1.165) is 11.6 Å². The summed E-state index contributed by atoms with van der Waals surface area (Å²) >= 11 is 0. The zero-order chi connectivity index (χ0) is 14.3. The number of rotatable bonds is 2. The van der Waals surface area contributed by atoms with E-state index in [1.807, 2.05) is 19.9 Å². The molecule has 0 saturated heterocycles. The number of hydrogen-bond acceptors (Lipinski definition) is 1. The molecule has 0 amide bonds. The van der Waals surface area contributed by atoms with E-state index in [0.29, 0.717) is 11.9 Å². The second-order valence-electron chi connectivity index (χ2n) is 5.33. The van der Waals surface area contributed by atoms with E-state index in [9.17, 15) is 13.2 Å². The second kappa shape index (κ2) is 4.53. The molecule has 0 spiro atoms. The van der Waals surface area contributed by atoms with Crippen molar-refractivity contribution in [3.05, 3.63) is 47.5 Å². The fraction of sp³-hybridized carbons (Fsp3) is 0.333. The molecule has 4 heteroatoms. The fourth-order valence-corrected chi connectivity index (χ4v) is 2.06. The van der Waals surface area contributed by atoms with Crippen LogP contribution in [0.15, 0.2) is 36.4 Å². The third-order valence-electron chi connectivity index (χ3n) is 3.48. The molecule has 19 heavy (non-hydrogen) atoms. The van der Waals surface area contributed by atoms with Crippen LogP contribution in [-0.2, 0) is 11.6 Å². The van der Waals surface area contributed by atoms with Crippen LogP contribution in [0.3, 0.4) is 0 Å². The zero-order valence-corrected chi connectivity index (χ0v) is 10.9. The number of nitrogens with two attached hydrogens (primary N) is 1. The van der Waals surface area contributed by atoms with Crippen molar-refractivity contribution in [2.45, 2.75) is 25.4 Å². The normalized spacial score (nSPS) is 12.9. The Morgan fingerprint density at radius 1 is 1.05 bits per heavy atom. The molecule has 2 aromatic carbocycles. The maximum Gasteiger partial charge on any atom is 0.417 e. The van der Waals surface area contributed by atoms with Gasteiger partial charge in [0.05, 0.1) is 5.56 Å². The monoisotopic (exact) mass is 267 g/mol. The molecule has 0 aliphatic rings. The molecule has 0 radical (unpaired) electrons. The molecule has 0 bridgehead atoms. The molecule has 2 aromatic rings. The second-order valence-corrected chi connectivity index (χ2v) is 5.33. The van der Waals surface area contributed by atoms with Crippen LogP contribution in [0.25, 0.3) is 10.8 Å². The van der Waals surface area contributed by atoms with Gasteiger partial charge in [0, 0.05) is 12.0 Å². The smallest absolute Gasteiger partial charge is 0.330 e. The van der Waals surface area contributed by atoms with Crippen LogP contribution in [0.1, 0.15) is 25.0 Å². The van der Waals surface area contributed by atoms with Gasteiger partial charge in [0.1, 0.15) is 0 Å². The lowest BCUT2D eigenvalue weighted by molar-refractivity contribution is -0.136. The summed E-state index contributed by atoms with van der Waals surface area (Å²) < 4.78 is 39.0. The Hall–Kier alpha value is -1.55. The molecular weight excluding hydrogens is 251 g/mol. The topological polar surface area (TPSA) is 26.0 Å². The van der Waals surface area contributed by atoms with Crippen LogP contribution in [0.2, 0.25) is 0 Å². The van der Waals surface area contributed by atoms with E-state index in [2.05, 4.69) is 0 Å². The first-order valence-electron chi connectivity index (χ1n) is 6.06. The first-order valence-corrected chi connectivity index (χ1v) is 6.06. The maximum atomic E-state index is 13.0. The molecule has 0 fully saturated rings. The van der Waals surface area contributed by atoms with Crippen molar-refractivity contribution in [3.63, 3.8) is 0 Å². The number of halogens is 3. The summed E-state index contributed by atoms with van der Waals surface area (Å²) in [7, 11) is 0. The average Bonchev–Trinajstić information content (AvgIpc) is 2.36. The lowest BCUT2D eigenvalue weighted by Crippen LogP contribution is -2.28. The minimum atomic E-state index is -4.34. The summed E-state index contributed by atoms with van der Waals surface area (Å²) in [6.45, 7) is 4.22. The van der Waals surface area contributed by atoms with Crippen molar-refractivity contribution >= 4 is 10.8 Å². The Balaban J connectivity index is 2.71. The van der Waals surface area contributed by atoms with E-state index in [1.54, 1.807) is 18.2 Å². The van der Waals surface area contributed by atoms with E-state index in [4.69, 9.17) is 5.73 Å². The SMILES string of the molecule is CC(C)(CN)c1ccc2cccc(C(F)(F)F)c2c1. The highest BCUT2D eigenvalue weighted by Gasteiger charge is 2.32. The van der Waals surface area contributed by atoms with Crippen molar-refractivity contribution in [3.8, 4) is 0 Å². The predicted octanol–water partition coefficient (Wildman–Crippen LogP) is 4.09. The number of benzene rings is 2. The third-order valence-corrected chi connectivity index (χ3v) is 3.48. The van der Waals surface area contributed by atoms with Gasteiger partial charge in [0.2, 0.25) is 0 Å². The first-order chi connectivity index (χ1) is 8.75. The highest BCUT2D eigenvalue weighted by atomic mass is 19.4. The van der Waals surface area contributed by atoms with Gasteiger partial charge >= 0.3 is 6.18 Å². The summed E-state index contributed by atoms with van der Waals surface area (Å²) in [5, 5.41) is 0.820. The van der Waals surface area contributed by atoms with Crippen molar-refractivity contribution in [2.75, 3.05) is 6.54 Å². The molecule has 0 atom stereocenters. The van der Waals surface area contributed by atoms with Gasteiger partial charge in [0.15, 0.2) is 0 Å². The van der Waals surface area contributed by atoms with Gasteiger partial charge in [-0.05, 0) is 28.5 Å². The molecule has 2 N–H and O–H groups in total. The standard InChI is InChI=1S/C15H16F3N/c1-14(2,9-19)11-7-6-10-4-3-5-13(12(10)8-11)15(16,17)18/h3-8H,9,19H2,1-2H3. The Morgan fingerprint density at radius 3 is 2.32 bits per heavy atom. The zero-order valence-electron chi connectivity index (χ0n) is 10.9. The van der Waals surface area contributed by atoms with Crippen LogP contribution in [0, 0.1) is 0 Å². The Labute approximate surface area is 110 Å². The van der Waals surface area contributed by atoms with Gasteiger partial charge in [0.25, 0.3) is 0 Å². The minimum Gasteiger partial charge on any atom is -0.330 e. The van der Waals surface area contributed by atoms with Gasteiger partial charge in [-0.15, -0.1) is 0 Å². The van der Waals surface area contributed by atoms with Crippen molar-refractivity contribution in [1.82, 2.24) is 0 Å². The molecule has 0 saturated carbocycles. The molecule has 0 aliphatic carbocycles. The van der Waals surface area contributed by atoms with Crippen molar-refractivity contribution in [2.24, 2.45) is 5.73 Å². The lowest BCUT2D eigenvalue weighted by atomic mass is 9.83. The lowest BCUT2D eigenvalue weighted by Gasteiger charge is -2.24. The van der Waals surface area contributed by atoms with Crippen LogP contribution < -0.4 is 5.73 Å². The Morgan fingerprint density at radius 2 is 1.74 bits per heavy atom. The van der Waals surface area contributed by atoms with Crippen LogP contribution in [-0.4, -0.2) is 6.54 Å². The van der Waals surface area contributed by atoms with Crippen molar-refractivity contribution < 1.29 is 13.2 Å². The summed E-state index contributed by atoms with van der Waals surface area (Å²) in [6.07, 6.45) is -4.34. The molecule has 0 aromatic heterocycles. The molecule has 102 valence electrons. The van der Waals surface area contributed by atoms with Gasteiger partial charge in [-0.3, -0.25) is 0 Å². The summed E-state index contributed by atoms with van der Waals surface area (Å²) in [5.41, 5.74) is 5.56. The van der Waals surface area contributed by atoms with Crippen LogP contribution >= 0.6 is 0 Å². The molecule has 0 unspecified atom stereocenters. The summed E-state index contributed by atoms with van der Waals surface area (Å²) in [5.74, 6) is 0. The van der Waals surface area contributed by atoms with Gasteiger partial charge in [-0.2, -0.15) is 13.2 Å². The quantitative estimate of drug-likeness (QED) is 0.871. The van der Waals surface area contributed by atoms with E-state index >= 15 is 0 Å². The van der Waals surface area contributed by atoms with E-state index < -0.39 is 11.7 Å². The first kappa shape index (κ1) is 13.9. The minimum absolute atomic E-state index is 0.231. The fourth-order valence-electron chi connectivity index (χ4n) is 2.06. The number of fused-ring (bicyclic) bond motifs is 1. The van der Waals surface area contributed by atoms with Crippen LogP contribution in [0.5, 0.6) is 0 Å². The molecule has 1 nitrogen and oxygen atoms in total. The van der Waals surface area contributed by atoms with E-state index in [-0.39, 0.29) is 10.8 Å². The summed E-state index contributed by atoms with van der Waals surface area (Å²) in [4.78, 5) is 0. The average molecular weight is 267 g/mol. The Kier molecular flexibility index (Phi) is 3.31. The van der Waals surface area contributed by atoms with Gasteiger partial charge < -0.3 is 5.73 Å². The predicted molar refractivity (Wildman–Crippen MR) is 71.0 cm³/mol. The number of hydrogen-bond donors (Lipinski definition) is 1. The van der Waals surface area contributed by atoms with Crippen LogP contribution in [0.4, 0.5) is 13.2 Å². The maximum absolute atomic E-state index is 13.0. The highest BCUT2D eigenvalue weighted by molar-refractivity contribution is 5.87. The summed E-state index contributed by atoms with van der Waals surface area (Å²) in [6, 6.07) is 9.39. The molecule has 0 heterocycles.